The van der Waals surface area contributed by atoms with Crippen LogP contribution in [0.1, 0.15) is 39.2 Å². The zero-order chi connectivity index (χ0) is 17.4. The molecule has 3 aromatic rings. The van der Waals surface area contributed by atoms with Gasteiger partial charge in [-0.3, -0.25) is 0 Å². The monoisotopic (exact) mass is 343 g/mol. The molecule has 3 heteroatoms. The highest BCUT2D eigenvalue weighted by atomic mass is 32.2. The molecule has 0 radical (unpaired) electrons. The van der Waals surface area contributed by atoms with Crippen molar-refractivity contribution in [1.82, 2.24) is 0 Å². The van der Waals surface area contributed by atoms with Gasteiger partial charge in [0.05, 0.1) is 0 Å². The first-order chi connectivity index (χ1) is 12.2. The maximum atomic E-state index is 9.71. The molecule has 1 aromatic heterocycles. The van der Waals surface area contributed by atoms with Crippen LogP contribution < -0.4 is 4.57 Å². The number of aromatic nitrogens is 1. The van der Waals surface area contributed by atoms with E-state index in [-0.39, 0.29) is 11.3 Å². The van der Waals surface area contributed by atoms with Crippen LogP contribution in [-0.4, -0.2) is 0 Å². The van der Waals surface area contributed by atoms with Gasteiger partial charge in [-0.15, -0.1) is 0 Å². The van der Waals surface area contributed by atoms with Crippen LogP contribution in [0.5, 0.6) is 0 Å². The van der Waals surface area contributed by atoms with E-state index in [1.807, 2.05) is 18.7 Å². The Morgan fingerprint density at radius 3 is 2.12 bits per heavy atom. The Morgan fingerprint density at radius 2 is 1.52 bits per heavy atom. The van der Waals surface area contributed by atoms with Crippen LogP contribution in [0.2, 0.25) is 0 Å². The summed E-state index contributed by atoms with van der Waals surface area (Å²) in [7, 11) is 0. The fourth-order valence-corrected chi connectivity index (χ4v) is 5.33. The molecule has 2 atom stereocenters. The maximum absolute atomic E-state index is 9.71. The SMILES string of the molecule is Cc1cc(C)[n+]2c(c1C#N)SC(c1ccccc1)C2c1ccccc1. The van der Waals surface area contributed by atoms with Gasteiger partial charge in [0.15, 0.2) is 5.69 Å². The van der Waals surface area contributed by atoms with Gasteiger partial charge in [0.1, 0.15) is 16.9 Å². The Hall–Kier alpha value is -2.57. The van der Waals surface area contributed by atoms with Crippen molar-refractivity contribution in [2.45, 2.75) is 30.2 Å². The van der Waals surface area contributed by atoms with Crippen molar-refractivity contribution in [1.29, 1.82) is 5.26 Å². The van der Waals surface area contributed by atoms with E-state index in [2.05, 4.69) is 84.3 Å². The molecule has 2 aromatic carbocycles. The van der Waals surface area contributed by atoms with Crippen molar-refractivity contribution in [2.75, 3.05) is 0 Å². The first-order valence-corrected chi connectivity index (χ1v) is 9.31. The number of fused-ring (bicyclic) bond motifs is 1. The second-order valence-corrected chi connectivity index (χ2v) is 7.57. The van der Waals surface area contributed by atoms with Crippen LogP contribution in [0.25, 0.3) is 0 Å². The molecule has 0 spiro atoms. The topological polar surface area (TPSA) is 27.7 Å². The molecule has 0 aliphatic carbocycles. The number of thioether (sulfide) groups is 1. The van der Waals surface area contributed by atoms with Gasteiger partial charge in [0.25, 0.3) is 5.03 Å². The van der Waals surface area contributed by atoms with E-state index in [1.54, 1.807) is 0 Å². The van der Waals surface area contributed by atoms with Crippen LogP contribution in [0.3, 0.4) is 0 Å². The number of benzene rings is 2. The highest BCUT2D eigenvalue weighted by molar-refractivity contribution is 7.99. The molecule has 122 valence electrons. The van der Waals surface area contributed by atoms with Gasteiger partial charge in [-0.2, -0.15) is 9.83 Å². The van der Waals surface area contributed by atoms with Gasteiger partial charge < -0.3 is 0 Å². The summed E-state index contributed by atoms with van der Waals surface area (Å²) in [5.74, 6) is 0. The predicted octanol–water partition coefficient (Wildman–Crippen LogP) is 4.90. The molecule has 2 unspecified atom stereocenters. The van der Waals surface area contributed by atoms with Crippen LogP contribution >= 0.6 is 11.8 Å². The van der Waals surface area contributed by atoms with Crippen molar-refractivity contribution >= 4 is 11.8 Å². The number of hydrogen-bond donors (Lipinski definition) is 0. The lowest BCUT2D eigenvalue weighted by Gasteiger charge is -2.16. The second kappa shape index (κ2) is 6.38. The van der Waals surface area contributed by atoms with Crippen molar-refractivity contribution in [3.8, 4) is 6.07 Å². The Balaban J connectivity index is 1.97. The number of aryl methyl sites for hydroxylation is 2. The van der Waals surface area contributed by atoms with Crippen LogP contribution in [-0.2, 0) is 0 Å². The molecule has 2 heterocycles. The molecule has 0 N–H and O–H groups in total. The summed E-state index contributed by atoms with van der Waals surface area (Å²) < 4.78 is 2.35. The molecule has 25 heavy (non-hydrogen) atoms. The number of rotatable bonds is 2. The third-order valence-electron chi connectivity index (χ3n) is 4.82. The van der Waals surface area contributed by atoms with Gasteiger partial charge in [-0.25, -0.2) is 0 Å². The van der Waals surface area contributed by atoms with E-state index in [9.17, 15) is 5.26 Å². The molecule has 1 aliphatic rings. The highest BCUT2D eigenvalue weighted by Gasteiger charge is 2.46. The minimum absolute atomic E-state index is 0.191. The van der Waals surface area contributed by atoms with E-state index in [1.165, 1.54) is 16.8 Å². The number of pyridine rings is 1. The number of nitrogens with zero attached hydrogens (tertiary/aromatic N) is 2. The maximum Gasteiger partial charge on any atom is 0.259 e. The molecule has 2 nitrogen and oxygen atoms in total. The Bertz CT molecular complexity index is 959. The average Bonchev–Trinajstić information content (AvgIpc) is 3.04. The minimum atomic E-state index is 0.191. The highest BCUT2D eigenvalue weighted by Crippen LogP contribution is 2.49. The molecule has 0 fully saturated rings. The van der Waals surface area contributed by atoms with Gasteiger partial charge in [0.2, 0.25) is 6.04 Å². The van der Waals surface area contributed by atoms with E-state index < -0.39 is 0 Å². The summed E-state index contributed by atoms with van der Waals surface area (Å²) in [5, 5.41) is 11.1. The van der Waals surface area contributed by atoms with E-state index >= 15 is 0 Å². The zero-order valence-corrected chi connectivity index (χ0v) is 15.1. The number of nitriles is 1. The fraction of sp³-hybridized carbons (Fsp3) is 0.182. The molecule has 4 rings (SSSR count). The van der Waals surface area contributed by atoms with Crippen molar-refractivity contribution in [2.24, 2.45) is 0 Å². The molecule has 0 saturated carbocycles. The van der Waals surface area contributed by atoms with Crippen molar-refractivity contribution in [3.63, 3.8) is 0 Å². The number of hydrogen-bond acceptors (Lipinski definition) is 2. The van der Waals surface area contributed by atoms with Crippen molar-refractivity contribution < 1.29 is 4.57 Å². The fourth-order valence-electron chi connectivity index (χ4n) is 3.69. The molecule has 0 bridgehead atoms. The zero-order valence-electron chi connectivity index (χ0n) is 14.3. The standard InChI is InChI=1S/C22H19N2S/c1-15-13-16(2)24-20(17-9-5-3-6-10-17)21(18-11-7-4-8-12-18)25-22(24)19(15)14-23/h3-13,20-21H,1-2H3/q+1. The Morgan fingerprint density at radius 1 is 0.920 bits per heavy atom. The lowest BCUT2D eigenvalue weighted by molar-refractivity contribution is -0.748. The third kappa shape index (κ3) is 2.63. The molecule has 0 saturated heterocycles. The van der Waals surface area contributed by atoms with Gasteiger partial charge in [-0.05, 0) is 29.8 Å². The van der Waals surface area contributed by atoms with E-state index in [4.69, 9.17) is 0 Å². The Labute approximate surface area is 152 Å². The van der Waals surface area contributed by atoms with E-state index in [0.717, 1.165) is 16.2 Å². The average molecular weight is 343 g/mol. The summed E-state index contributed by atoms with van der Waals surface area (Å²) >= 11 is 1.81. The first-order valence-electron chi connectivity index (χ1n) is 8.43. The molecular formula is C22H19N2S+. The lowest BCUT2D eigenvalue weighted by atomic mass is 9.97. The smallest absolute Gasteiger partial charge is 0.192 e. The first kappa shape index (κ1) is 15.9. The molecule has 0 amide bonds. The quantitative estimate of drug-likeness (QED) is 0.619. The largest absolute Gasteiger partial charge is 0.259 e. The summed E-state index contributed by atoms with van der Waals surface area (Å²) in [6.07, 6.45) is 0. The minimum Gasteiger partial charge on any atom is -0.192 e. The normalized spacial score (nSPS) is 18.6. The van der Waals surface area contributed by atoms with E-state index in [0.29, 0.717) is 0 Å². The van der Waals surface area contributed by atoms with Gasteiger partial charge >= 0.3 is 0 Å². The molecular weight excluding hydrogens is 324 g/mol. The van der Waals surface area contributed by atoms with Crippen molar-refractivity contribution in [3.05, 3.63) is 94.7 Å². The summed E-state index contributed by atoms with van der Waals surface area (Å²) in [6.45, 7) is 4.17. The third-order valence-corrected chi connectivity index (χ3v) is 6.22. The summed E-state index contributed by atoms with van der Waals surface area (Å²) in [4.78, 5) is 0. The predicted molar refractivity (Wildman–Crippen MR) is 100 cm³/mol. The van der Waals surface area contributed by atoms with Crippen LogP contribution in [0.4, 0.5) is 0 Å². The van der Waals surface area contributed by atoms with Gasteiger partial charge in [-0.1, -0.05) is 60.7 Å². The van der Waals surface area contributed by atoms with Gasteiger partial charge in [0, 0.05) is 18.6 Å². The Kier molecular flexibility index (Phi) is 4.07. The van der Waals surface area contributed by atoms with Crippen LogP contribution in [0, 0.1) is 25.2 Å². The molecule has 1 aliphatic heterocycles. The van der Waals surface area contributed by atoms with Crippen LogP contribution in [0.15, 0.2) is 71.8 Å². The second-order valence-electron chi connectivity index (χ2n) is 6.44. The summed E-state index contributed by atoms with van der Waals surface area (Å²) in [6, 6.07) is 26.0. The lowest BCUT2D eigenvalue weighted by Crippen LogP contribution is -2.43. The summed E-state index contributed by atoms with van der Waals surface area (Å²) in [5.41, 5.74) is 5.63.